The van der Waals surface area contributed by atoms with Crippen LogP contribution in [-0.2, 0) is 4.79 Å². The standard InChI is InChI=1S/C16H22N2O/c1-12-10-14(8-7-13(12)6-5-9-17)18-15(19)11-16(2,3)4/h7-8,10H,9,11,17H2,1-4H3,(H,18,19). The third kappa shape index (κ3) is 5.58. The predicted molar refractivity (Wildman–Crippen MR) is 79.8 cm³/mol. The summed E-state index contributed by atoms with van der Waals surface area (Å²) in [6.45, 7) is 8.46. The van der Waals surface area contributed by atoms with E-state index in [4.69, 9.17) is 5.73 Å². The van der Waals surface area contributed by atoms with E-state index in [0.717, 1.165) is 16.8 Å². The van der Waals surface area contributed by atoms with E-state index in [2.05, 4.69) is 17.2 Å². The summed E-state index contributed by atoms with van der Waals surface area (Å²) < 4.78 is 0. The van der Waals surface area contributed by atoms with Crippen molar-refractivity contribution in [3.8, 4) is 11.8 Å². The number of nitrogens with one attached hydrogen (secondary N) is 1. The van der Waals surface area contributed by atoms with Gasteiger partial charge in [-0.15, -0.1) is 0 Å². The molecule has 0 aromatic heterocycles. The summed E-state index contributed by atoms with van der Waals surface area (Å²) in [5, 5.41) is 2.91. The maximum absolute atomic E-state index is 11.8. The van der Waals surface area contributed by atoms with Crippen molar-refractivity contribution in [3.05, 3.63) is 29.3 Å². The van der Waals surface area contributed by atoms with E-state index in [1.165, 1.54) is 0 Å². The zero-order chi connectivity index (χ0) is 14.5. The lowest BCUT2D eigenvalue weighted by atomic mass is 9.92. The molecule has 0 spiro atoms. The molecule has 1 rings (SSSR count). The molecule has 3 heteroatoms. The monoisotopic (exact) mass is 258 g/mol. The van der Waals surface area contributed by atoms with Gasteiger partial charge in [-0.25, -0.2) is 0 Å². The highest BCUT2D eigenvalue weighted by atomic mass is 16.1. The average Bonchev–Trinajstić information content (AvgIpc) is 2.25. The molecule has 102 valence electrons. The second-order valence-electron chi connectivity index (χ2n) is 5.82. The van der Waals surface area contributed by atoms with Crippen molar-refractivity contribution in [2.24, 2.45) is 11.1 Å². The SMILES string of the molecule is Cc1cc(NC(=O)CC(C)(C)C)ccc1C#CCN. The van der Waals surface area contributed by atoms with Gasteiger partial charge in [0.05, 0.1) is 6.54 Å². The third-order valence-corrected chi connectivity index (χ3v) is 2.53. The van der Waals surface area contributed by atoms with Crippen LogP contribution in [0.2, 0.25) is 0 Å². The Morgan fingerprint density at radius 3 is 2.58 bits per heavy atom. The lowest BCUT2D eigenvalue weighted by Crippen LogP contribution is -2.19. The Labute approximate surface area is 115 Å². The zero-order valence-corrected chi connectivity index (χ0v) is 12.1. The van der Waals surface area contributed by atoms with Gasteiger partial charge in [0.2, 0.25) is 5.91 Å². The van der Waals surface area contributed by atoms with E-state index >= 15 is 0 Å². The van der Waals surface area contributed by atoms with Crippen molar-refractivity contribution < 1.29 is 4.79 Å². The van der Waals surface area contributed by atoms with Crippen LogP contribution in [-0.4, -0.2) is 12.5 Å². The second kappa shape index (κ2) is 6.40. The minimum atomic E-state index is -0.00826. The number of anilines is 1. The van der Waals surface area contributed by atoms with Crippen LogP contribution in [0.1, 0.15) is 38.3 Å². The average molecular weight is 258 g/mol. The molecule has 0 unspecified atom stereocenters. The number of aryl methyl sites for hydroxylation is 1. The molecule has 3 N–H and O–H groups in total. The van der Waals surface area contributed by atoms with Gasteiger partial charge in [-0.1, -0.05) is 32.6 Å². The minimum Gasteiger partial charge on any atom is -0.326 e. The number of hydrogen-bond acceptors (Lipinski definition) is 2. The zero-order valence-electron chi connectivity index (χ0n) is 12.1. The molecule has 3 nitrogen and oxygen atoms in total. The molecule has 0 fully saturated rings. The number of benzene rings is 1. The number of nitrogens with two attached hydrogens (primary N) is 1. The van der Waals surface area contributed by atoms with Crippen LogP contribution in [0.25, 0.3) is 0 Å². The van der Waals surface area contributed by atoms with E-state index in [1.807, 2.05) is 45.9 Å². The van der Waals surface area contributed by atoms with E-state index < -0.39 is 0 Å². The first-order chi connectivity index (χ1) is 8.81. The van der Waals surface area contributed by atoms with Crippen molar-refractivity contribution in [3.63, 3.8) is 0 Å². The second-order valence-corrected chi connectivity index (χ2v) is 5.82. The molecule has 0 heterocycles. The van der Waals surface area contributed by atoms with Crippen LogP contribution in [0.3, 0.4) is 0 Å². The van der Waals surface area contributed by atoms with Crippen LogP contribution in [0, 0.1) is 24.2 Å². The van der Waals surface area contributed by atoms with Gasteiger partial charge in [-0.05, 0) is 36.1 Å². The van der Waals surface area contributed by atoms with Gasteiger partial charge in [-0.3, -0.25) is 4.79 Å². The topological polar surface area (TPSA) is 55.1 Å². The Kier molecular flexibility index (Phi) is 5.14. The molecule has 19 heavy (non-hydrogen) atoms. The highest BCUT2D eigenvalue weighted by molar-refractivity contribution is 5.91. The number of rotatable bonds is 2. The first-order valence-corrected chi connectivity index (χ1v) is 6.41. The fourth-order valence-electron chi connectivity index (χ4n) is 1.71. The molecule has 1 amide bonds. The summed E-state index contributed by atoms with van der Waals surface area (Å²) in [5.41, 5.74) is 8.13. The Morgan fingerprint density at radius 2 is 2.05 bits per heavy atom. The highest BCUT2D eigenvalue weighted by Gasteiger charge is 2.15. The third-order valence-electron chi connectivity index (χ3n) is 2.53. The summed E-state index contributed by atoms with van der Waals surface area (Å²) in [6.07, 6.45) is 0.501. The van der Waals surface area contributed by atoms with Gasteiger partial charge in [0.1, 0.15) is 0 Å². The fourth-order valence-corrected chi connectivity index (χ4v) is 1.71. The number of amides is 1. The molecule has 0 aliphatic heterocycles. The molecule has 0 aliphatic carbocycles. The fraction of sp³-hybridized carbons (Fsp3) is 0.438. The summed E-state index contributed by atoms with van der Waals surface area (Å²) in [4.78, 5) is 11.8. The lowest BCUT2D eigenvalue weighted by molar-refractivity contribution is -0.117. The van der Waals surface area contributed by atoms with E-state index in [1.54, 1.807) is 0 Å². The summed E-state index contributed by atoms with van der Waals surface area (Å²) in [7, 11) is 0. The van der Waals surface area contributed by atoms with Crippen LogP contribution >= 0.6 is 0 Å². The summed E-state index contributed by atoms with van der Waals surface area (Å²) in [6, 6.07) is 5.71. The smallest absolute Gasteiger partial charge is 0.224 e. The van der Waals surface area contributed by atoms with Crippen molar-refractivity contribution in [1.82, 2.24) is 0 Å². The maximum atomic E-state index is 11.8. The van der Waals surface area contributed by atoms with Crippen molar-refractivity contribution in [2.75, 3.05) is 11.9 Å². The van der Waals surface area contributed by atoms with Crippen LogP contribution in [0.5, 0.6) is 0 Å². The van der Waals surface area contributed by atoms with Gasteiger partial charge < -0.3 is 11.1 Å². The Balaban J connectivity index is 2.76. The molecular weight excluding hydrogens is 236 g/mol. The largest absolute Gasteiger partial charge is 0.326 e. The number of carbonyl (C=O) groups excluding carboxylic acids is 1. The predicted octanol–water partition coefficient (Wildman–Crippen LogP) is 2.68. The molecule has 1 aromatic rings. The van der Waals surface area contributed by atoms with Gasteiger partial charge in [0.25, 0.3) is 0 Å². The summed E-state index contributed by atoms with van der Waals surface area (Å²) in [5.74, 6) is 5.87. The lowest BCUT2D eigenvalue weighted by Gasteiger charge is -2.17. The van der Waals surface area contributed by atoms with Crippen LogP contribution in [0.15, 0.2) is 18.2 Å². The minimum absolute atomic E-state index is 0.00826. The quantitative estimate of drug-likeness (QED) is 0.801. The van der Waals surface area contributed by atoms with Gasteiger partial charge >= 0.3 is 0 Å². The molecule has 0 atom stereocenters. The first kappa shape index (κ1) is 15.3. The highest BCUT2D eigenvalue weighted by Crippen LogP contribution is 2.20. The first-order valence-electron chi connectivity index (χ1n) is 6.41. The molecular formula is C16H22N2O. The van der Waals surface area contributed by atoms with Crippen molar-refractivity contribution in [1.29, 1.82) is 0 Å². The van der Waals surface area contributed by atoms with E-state index in [0.29, 0.717) is 13.0 Å². The molecule has 0 radical (unpaired) electrons. The molecule has 0 bridgehead atoms. The Morgan fingerprint density at radius 1 is 1.37 bits per heavy atom. The normalized spacial score (nSPS) is 10.6. The molecule has 0 saturated carbocycles. The van der Waals surface area contributed by atoms with E-state index in [9.17, 15) is 4.79 Å². The van der Waals surface area contributed by atoms with Crippen molar-refractivity contribution in [2.45, 2.75) is 34.1 Å². The maximum Gasteiger partial charge on any atom is 0.224 e. The van der Waals surface area contributed by atoms with Crippen LogP contribution in [0.4, 0.5) is 5.69 Å². The summed E-state index contributed by atoms with van der Waals surface area (Å²) >= 11 is 0. The Hall–Kier alpha value is -1.79. The molecule has 1 aromatic carbocycles. The number of hydrogen-bond donors (Lipinski definition) is 2. The van der Waals surface area contributed by atoms with Gasteiger partial charge in [-0.2, -0.15) is 0 Å². The molecule has 0 saturated heterocycles. The Bertz CT molecular complexity index is 516. The van der Waals surface area contributed by atoms with Crippen molar-refractivity contribution >= 4 is 11.6 Å². The van der Waals surface area contributed by atoms with Crippen LogP contribution < -0.4 is 11.1 Å². The van der Waals surface area contributed by atoms with Gasteiger partial charge in [0.15, 0.2) is 0 Å². The van der Waals surface area contributed by atoms with Gasteiger partial charge in [0, 0.05) is 17.7 Å². The molecule has 0 aliphatic rings. The van der Waals surface area contributed by atoms with E-state index in [-0.39, 0.29) is 11.3 Å². The number of carbonyl (C=O) groups is 1.